The van der Waals surface area contributed by atoms with Crippen LogP contribution in [0, 0.1) is 23.2 Å². The van der Waals surface area contributed by atoms with Gasteiger partial charge in [-0.15, -0.1) is 11.3 Å². The molecular weight excluding hydrogens is 382 g/mol. The molecule has 0 bridgehead atoms. The Morgan fingerprint density at radius 1 is 1.25 bits per heavy atom. The first-order valence-corrected chi connectivity index (χ1v) is 9.74. The van der Waals surface area contributed by atoms with Gasteiger partial charge in [0.1, 0.15) is 17.1 Å². The molecule has 3 amide bonds. The monoisotopic (exact) mass is 401 g/mol. The molecule has 1 fully saturated rings. The highest BCUT2D eigenvalue weighted by atomic mass is 32.1. The minimum atomic E-state index is -1.15. The average Bonchev–Trinajstić information content (AvgIpc) is 3.23. The molecule has 1 aromatic rings. The first kappa shape index (κ1) is 19.8. The molecule has 0 unspecified atom stereocenters. The van der Waals surface area contributed by atoms with Gasteiger partial charge in [0.15, 0.2) is 6.10 Å². The largest absolute Gasteiger partial charge is 0.451 e. The van der Waals surface area contributed by atoms with Crippen LogP contribution in [-0.4, -0.2) is 40.7 Å². The Morgan fingerprint density at radius 2 is 1.86 bits per heavy atom. The predicted molar refractivity (Wildman–Crippen MR) is 99.9 cm³/mol. The number of rotatable bonds is 5. The summed E-state index contributed by atoms with van der Waals surface area (Å²) in [6.45, 7) is 2.80. The zero-order valence-corrected chi connectivity index (χ0v) is 16.2. The van der Waals surface area contributed by atoms with Gasteiger partial charge in [-0.3, -0.25) is 19.3 Å². The maximum absolute atomic E-state index is 12.6. The Balaban J connectivity index is 1.62. The number of hydrogen-bond donors (Lipinski definition) is 1. The summed E-state index contributed by atoms with van der Waals surface area (Å²) < 4.78 is 5.17. The Labute approximate surface area is 165 Å². The molecule has 2 heterocycles. The lowest BCUT2D eigenvalue weighted by Gasteiger charge is -2.23. The van der Waals surface area contributed by atoms with E-state index in [2.05, 4.69) is 5.32 Å². The number of likely N-dealkylation sites (tertiary alicyclic amines) is 1. The number of nitriles is 1. The van der Waals surface area contributed by atoms with Gasteiger partial charge in [-0.2, -0.15) is 5.26 Å². The normalized spacial score (nSPS) is 23.0. The number of hydrogen-bond acceptors (Lipinski definition) is 7. The number of anilines is 1. The molecule has 8 nitrogen and oxygen atoms in total. The zero-order valence-electron chi connectivity index (χ0n) is 15.4. The molecular formula is C19H19N3O5S. The van der Waals surface area contributed by atoms with E-state index in [1.807, 2.05) is 18.2 Å². The molecule has 1 saturated heterocycles. The molecule has 1 aliphatic carbocycles. The molecule has 0 radical (unpaired) electrons. The SMILES string of the molecule is C[C@H](OC(=O)[C@H](C)N1C(=O)[C@H]2CC=CC[C@@H]2C1=O)C(=O)Nc1sccc1C#N. The van der Waals surface area contributed by atoms with E-state index in [9.17, 15) is 19.2 Å². The maximum atomic E-state index is 12.6. The summed E-state index contributed by atoms with van der Waals surface area (Å²) in [4.78, 5) is 50.8. The minimum absolute atomic E-state index is 0.315. The van der Waals surface area contributed by atoms with Crippen LogP contribution in [0.1, 0.15) is 32.3 Å². The van der Waals surface area contributed by atoms with E-state index in [0.29, 0.717) is 23.4 Å². The topological polar surface area (TPSA) is 117 Å². The van der Waals surface area contributed by atoms with Crippen molar-refractivity contribution >= 4 is 40.0 Å². The van der Waals surface area contributed by atoms with Crippen LogP contribution < -0.4 is 5.32 Å². The molecule has 1 aliphatic heterocycles. The number of carbonyl (C=O) groups excluding carboxylic acids is 4. The van der Waals surface area contributed by atoms with Crippen molar-refractivity contribution in [1.82, 2.24) is 4.90 Å². The number of nitrogens with zero attached hydrogens (tertiary/aromatic N) is 2. The van der Waals surface area contributed by atoms with Gasteiger partial charge in [0.2, 0.25) is 11.8 Å². The standard InChI is InChI=1S/C19H19N3O5S/c1-10(22-17(24)13-5-3-4-6-14(13)18(22)25)19(26)27-11(2)15(23)21-16-12(9-20)7-8-28-16/h3-4,7-8,10-11,13-14H,5-6H2,1-2H3,(H,21,23)/t10-,11-,13-,14-/m0/s1. The molecule has 28 heavy (non-hydrogen) atoms. The Kier molecular flexibility index (Phi) is 5.61. The number of allylic oxidation sites excluding steroid dienone is 2. The average molecular weight is 401 g/mol. The quantitative estimate of drug-likeness (QED) is 0.457. The fourth-order valence-corrected chi connectivity index (χ4v) is 4.09. The molecule has 9 heteroatoms. The second-order valence-electron chi connectivity index (χ2n) is 6.72. The summed E-state index contributed by atoms with van der Waals surface area (Å²) in [5.41, 5.74) is 0.315. The first-order chi connectivity index (χ1) is 13.3. The van der Waals surface area contributed by atoms with E-state index in [1.165, 1.54) is 25.2 Å². The first-order valence-electron chi connectivity index (χ1n) is 8.86. The van der Waals surface area contributed by atoms with Crippen molar-refractivity contribution < 1.29 is 23.9 Å². The van der Waals surface area contributed by atoms with Crippen LogP contribution in [-0.2, 0) is 23.9 Å². The minimum Gasteiger partial charge on any atom is -0.451 e. The number of carbonyl (C=O) groups is 4. The fraction of sp³-hybridized carbons (Fsp3) is 0.421. The summed E-state index contributed by atoms with van der Waals surface area (Å²) in [7, 11) is 0. The number of amides is 3. The van der Waals surface area contributed by atoms with Crippen LogP contribution in [0.2, 0.25) is 0 Å². The van der Waals surface area contributed by atoms with Crippen molar-refractivity contribution in [2.45, 2.75) is 38.8 Å². The Hall–Kier alpha value is -2.99. The summed E-state index contributed by atoms with van der Waals surface area (Å²) in [5.74, 6) is -3.05. The number of imide groups is 1. The van der Waals surface area contributed by atoms with Crippen LogP contribution in [0.15, 0.2) is 23.6 Å². The van der Waals surface area contributed by atoms with Crippen molar-refractivity contribution in [2.75, 3.05) is 5.32 Å². The molecule has 1 N–H and O–H groups in total. The number of nitrogens with one attached hydrogen (secondary N) is 1. The molecule has 0 spiro atoms. The van der Waals surface area contributed by atoms with Crippen LogP contribution in [0.5, 0.6) is 0 Å². The summed E-state index contributed by atoms with van der Waals surface area (Å²) >= 11 is 1.18. The van der Waals surface area contributed by atoms with Gasteiger partial charge in [-0.1, -0.05) is 12.2 Å². The van der Waals surface area contributed by atoms with Gasteiger partial charge in [0.05, 0.1) is 17.4 Å². The fourth-order valence-electron chi connectivity index (χ4n) is 3.35. The van der Waals surface area contributed by atoms with E-state index in [4.69, 9.17) is 10.00 Å². The third-order valence-electron chi connectivity index (χ3n) is 4.95. The summed E-state index contributed by atoms with van der Waals surface area (Å²) in [6, 6.07) is 2.40. The van der Waals surface area contributed by atoms with Crippen LogP contribution >= 0.6 is 11.3 Å². The van der Waals surface area contributed by atoms with E-state index in [0.717, 1.165) is 4.90 Å². The van der Waals surface area contributed by atoms with Crippen LogP contribution in [0.4, 0.5) is 5.00 Å². The Morgan fingerprint density at radius 3 is 2.43 bits per heavy atom. The van der Waals surface area contributed by atoms with Crippen molar-refractivity contribution in [3.63, 3.8) is 0 Å². The number of ether oxygens (including phenoxy) is 1. The molecule has 4 atom stereocenters. The van der Waals surface area contributed by atoms with Gasteiger partial charge >= 0.3 is 5.97 Å². The Bertz CT molecular complexity index is 874. The van der Waals surface area contributed by atoms with Crippen molar-refractivity contribution in [1.29, 1.82) is 5.26 Å². The number of fused-ring (bicyclic) bond motifs is 1. The van der Waals surface area contributed by atoms with Gasteiger partial charge in [0, 0.05) is 0 Å². The van der Waals surface area contributed by atoms with E-state index < -0.39 is 35.9 Å². The molecule has 0 saturated carbocycles. The highest BCUT2D eigenvalue weighted by Crippen LogP contribution is 2.36. The van der Waals surface area contributed by atoms with E-state index in [1.54, 1.807) is 11.4 Å². The lowest BCUT2D eigenvalue weighted by Crippen LogP contribution is -2.46. The van der Waals surface area contributed by atoms with Crippen LogP contribution in [0.25, 0.3) is 0 Å². The number of esters is 1. The van der Waals surface area contributed by atoms with Crippen LogP contribution in [0.3, 0.4) is 0 Å². The van der Waals surface area contributed by atoms with Gasteiger partial charge in [-0.05, 0) is 38.1 Å². The predicted octanol–water partition coefficient (Wildman–Crippen LogP) is 1.83. The number of thiophene rings is 1. The van der Waals surface area contributed by atoms with Gasteiger partial charge in [-0.25, -0.2) is 4.79 Å². The van der Waals surface area contributed by atoms with Gasteiger partial charge < -0.3 is 10.1 Å². The molecule has 0 aromatic carbocycles. The zero-order chi connectivity index (χ0) is 20.4. The maximum Gasteiger partial charge on any atom is 0.329 e. The lowest BCUT2D eigenvalue weighted by atomic mass is 9.85. The third kappa shape index (κ3) is 3.55. The van der Waals surface area contributed by atoms with Crippen molar-refractivity contribution in [2.24, 2.45) is 11.8 Å². The smallest absolute Gasteiger partial charge is 0.329 e. The van der Waals surface area contributed by atoms with Gasteiger partial charge in [0.25, 0.3) is 5.91 Å². The second kappa shape index (κ2) is 7.94. The molecule has 146 valence electrons. The highest BCUT2D eigenvalue weighted by Gasteiger charge is 2.50. The second-order valence-corrected chi connectivity index (χ2v) is 7.64. The van der Waals surface area contributed by atoms with Crippen molar-refractivity contribution in [3.05, 3.63) is 29.2 Å². The highest BCUT2D eigenvalue weighted by molar-refractivity contribution is 7.14. The summed E-state index contributed by atoms with van der Waals surface area (Å²) in [6.07, 6.45) is 3.54. The molecule has 2 aliphatic rings. The molecule has 1 aromatic heterocycles. The summed E-state index contributed by atoms with van der Waals surface area (Å²) in [5, 5.41) is 13.5. The van der Waals surface area contributed by atoms with E-state index >= 15 is 0 Å². The molecule has 3 rings (SSSR count). The van der Waals surface area contributed by atoms with Crippen molar-refractivity contribution in [3.8, 4) is 6.07 Å². The lowest BCUT2D eigenvalue weighted by molar-refractivity contribution is -0.163. The van der Waals surface area contributed by atoms with E-state index in [-0.39, 0.29) is 11.8 Å². The third-order valence-corrected chi connectivity index (χ3v) is 5.78.